The van der Waals surface area contributed by atoms with E-state index >= 15 is 0 Å². The van der Waals surface area contributed by atoms with Gasteiger partial charge in [0.25, 0.3) is 0 Å². The highest BCUT2D eigenvalue weighted by molar-refractivity contribution is 7.99. The van der Waals surface area contributed by atoms with Crippen molar-refractivity contribution in [2.75, 3.05) is 34.2 Å². The molecule has 2 aromatic rings. The Hall–Kier alpha value is -2.54. The van der Waals surface area contributed by atoms with Crippen LogP contribution in [0.2, 0.25) is 0 Å². The predicted octanol–water partition coefficient (Wildman–Crippen LogP) is 3.89. The summed E-state index contributed by atoms with van der Waals surface area (Å²) in [5, 5.41) is -0.138. The number of carbonyl (C=O) groups is 1. The summed E-state index contributed by atoms with van der Waals surface area (Å²) in [7, 11) is 6.40. The van der Waals surface area contributed by atoms with E-state index in [9.17, 15) is 4.79 Å². The zero-order valence-corrected chi connectivity index (χ0v) is 17.4. The maximum Gasteiger partial charge on any atom is 0.224 e. The number of carbonyl (C=O) groups excluding carboxylic acids is 1. The molecule has 1 fully saturated rings. The van der Waals surface area contributed by atoms with Crippen molar-refractivity contribution >= 4 is 17.7 Å². The molecule has 1 unspecified atom stereocenters. The molecule has 0 radical (unpaired) electrons. The average Bonchev–Trinajstić information content (AvgIpc) is 2.74. The average molecular weight is 404 g/mol. The molecule has 0 spiro atoms. The molecule has 0 aromatic heterocycles. The summed E-state index contributed by atoms with van der Waals surface area (Å²) < 4.78 is 21.7. The van der Waals surface area contributed by atoms with Crippen LogP contribution in [0.15, 0.2) is 36.4 Å². The van der Waals surface area contributed by atoms with Gasteiger partial charge in [-0.25, -0.2) is 0 Å². The Kier molecular flexibility index (Phi) is 6.57. The highest BCUT2D eigenvalue weighted by atomic mass is 32.2. The monoisotopic (exact) mass is 403 g/mol. The lowest BCUT2D eigenvalue weighted by Crippen LogP contribution is -2.36. The van der Waals surface area contributed by atoms with Gasteiger partial charge in [-0.1, -0.05) is 12.1 Å². The first-order valence-corrected chi connectivity index (χ1v) is 10.00. The van der Waals surface area contributed by atoms with Crippen LogP contribution < -0.4 is 18.9 Å². The molecule has 2 aromatic carbocycles. The van der Waals surface area contributed by atoms with Gasteiger partial charge in [0.1, 0.15) is 11.1 Å². The van der Waals surface area contributed by atoms with Gasteiger partial charge in [0.15, 0.2) is 11.5 Å². The van der Waals surface area contributed by atoms with E-state index in [4.69, 9.17) is 18.9 Å². The third kappa shape index (κ3) is 4.14. The standard InChI is InChI=1S/C21H25NO5S/c1-24-16-7-5-6-14(10-16)13-22-19(23)8-9-28-21(22)15-11-17(25-2)20(27-4)18(12-15)26-3/h5-7,10-12,21H,8-9,13H2,1-4H3. The van der Waals surface area contributed by atoms with Crippen LogP contribution in [0, 0.1) is 0 Å². The summed E-state index contributed by atoms with van der Waals surface area (Å²) in [5.74, 6) is 3.38. The summed E-state index contributed by atoms with van der Waals surface area (Å²) in [4.78, 5) is 14.7. The molecule has 0 aliphatic carbocycles. The predicted molar refractivity (Wildman–Crippen MR) is 109 cm³/mol. The lowest BCUT2D eigenvalue weighted by atomic mass is 10.1. The van der Waals surface area contributed by atoms with Crippen molar-refractivity contribution in [3.63, 3.8) is 0 Å². The van der Waals surface area contributed by atoms with Crippen molar-refractivity contribution in [1.29, 1.82) is 0 Å². The Morgan fingerprint density at radius 2 is 1.71 bits per heavy atom. The molecule has 0 saturated carbocycles. The lowest BCUT2D eigenvalue weighted by molar-refractivity contribution is -0.132. The van der Waals surface area contributed by atoms with Crippen LogP contribution in [0.25, 0.3) is 0 Å². The second kappa shape index (κ2) is 9.10. The number of hydrogen-bond donors (Lipinski definition) is 0. The van der Waals surface area contributed by atoms with Gasteiger partial charge in [-0.2, -0.15) is 0 Å². The van der Waals surface area contributed by atoms with E-state index in [0.717, 1.165) is 22.6 Å². The number of rotatable bonds is 7. The van der Waals surface area contributed by atoms with E-state index in [1.807, 2.05) is 41.3 Å². The summed E-state index contributed by atoms with van der Waals surface area (Å²) in [6.45, 7) is 0.504. The smallest absolute Gasteiger partial charge is 0.224 e. The number of ether oxygens (including phenoxy) is 4. The SMILES string of the molecule is COc1cccc(CN2C(=O)CCSC2c2cc(OC)c(OC)c(OC)c2)c1. The van der Waals surface area contributed by atoms with Crippen LogP contribution in [0.5, 0.6) is 23.0 Å². The van der Waals surface area contributed by atoms with Crippen molar-refractivity contribution < 1.29 is 23.7 Å². The largest absolute Gasteiger partial charge is 0.497 e. The first-order valence-electron chi connectivity index (χ1n) is 8.95. The van der Waals surface area contributed by atoms with Gasteiger partial charge in [-0.15, -0.1) is 11.8 Å². The minimum Gasteiger partial charge on any atom is -0.497 e. The maximum atomic E-state index is 12.8. The van der Waals surface area contributed by atoms with Gasteiger partial charge in [0.2, 0.25) is 11.7 Å². The van der Waals surface area contributed by atoms with Crippen LogP contribution in [-0.2, 0) is 11.3 Å². The highest BCUT2D eigenvalue weighted by Crippen LogP contribution is 2.45. The fourth-order valence-electron chi connectivity index (χ4n) is 3.28. The van der Waals surface area contributed by atoms with Gasteiger partial charge >= 0.3 is 0 Å². The lowest BCUT2D eigenvalue weighted by Gasteiger charge is -2.36. The quantitative estimate of drug-likeness (QED) is 0.699. The van der Waals surface area contributed by atoms with Crippen LogP contribution >= 0.6 is 11.8 Å². The van der Waals surface area contributed by atoms with Crippen molar-refractivity contribution in [2.45, 2.75) is 18.3 Å². The second-order valence-electron chi connectivity index (χ2n) is 6.30. The topological polar surface area (TPSA) is 57.2 Å². The summed E-state index contributed by atoms with van der Waals surface area (Å²) in [6, 6.07) is 11.6. The molecule has 3 rings (SSSR count). The third-order valence-electron chi connectivity index (χ3n) is 4.65. The highest BCUT2D eigenvalue weighted by Gasteiger charge is 2.31. The van der Waals surface area contributed by atoms with Crippen molar-refractivity contribution in [1.82, 2.24) is 4.90 Å². The van der Waals surface area contributed by atoms with Crippen molar-refractivity contribution in [3.8, 4) is 23.0 Å². The van der Waals surface area contributed by atoms with Crippen LogP contribution in [0.3, 0.4) is 0 Å². The molecule has 1 aliphatic rings. The number of nitrogens with zero attached hydrogens (tertiary/aromatic N) is 1. The minimum absolute atomic E-state index is 0.125. The fraction of sp³-hybridized carbons (Fsp3) is 0.381. The molecule has 150 valence electrons. The van der Waals surface area contributed by atoms with E-state index < -0.39 is 0 Å². The Labute approximate surface area is 169 Å². The van der Waals surface area contributed by atoms with E-state index in [1.165, 1.54) is 0 Å². The Balaban J connectivity index is 1.97. The number of thioether (sulfide) groups is 1. The number of methoxy groups -OCH3 is 4. The van der Waals surface area contributed by atoms with Crippen molar-refractivity contribution in [2.24, 2.45) is 0 Å². The summed E-state index contributed by atoms with van der Waals surface area (Å²) in [5.41, 5.74) is 1.96. The Morgan fingerprint density at radius 1 is 1.00 bits per heavy atom. The van der Waals surface area contributed by atoms with E-state index in [2.05, 4.69) is 0 Å². The normalized spacial score (nSPS) is 16.6. The van der Waals surface area contributed by atoms with Gasteiger partial charge in [0.05, 0.1) is 28.4 Å². The molecule has 0 bridgehead atoms. The molecule has 7 heteroatoms. The minimum atomic E-state index is -0.138. The number of amides is 1. The van der Waals surface area contributed by atoms with E-state index in [-0.39, 0.29) is 11.3 Å². The van der Waals surface area contributed by atoms with Gasteiger partial charge in [-0.05, 0) is 35.4 Å². The van der Waals surface area contributed by atoms with Gasteiger partial charge in [0, 0.05) is 18.7 Å². The molecule has 1 aliphatic heterocycles. The molecule has 1 heterocycles. The second-order valence-corrected chi connectivity index (χ2v) is 7.49. The van der Waals surface area contributed by atoms with Crippen molar-refractivity contribution in [3.05, 3.63) is 47.5 Å². The van der Waals surface area contributed by atoms with Crippen LogP contribution in [0.1, 0.15) is 22.9 Å². The zero-order chi connectivity index (χ0) is 20.1. The molecular weight excluding hydrogens is 378 g/mol. The molecule has 28 heavy (non-hydrogen) atoms. The van der Waals surface area contributed by atoms with Crippen LogP contribution in [-0.4, -0.2) is 45.0 Å². The van der Waals surface area contributed by atoms with Crippen LogP contribution in [0.4, 0.5) is 0 Å². The first-order chi connectivity index (χ1) is 13.6. The molecule has 1 saturated heterocycles. The zero-order valence-electron chi connectivity index (χ0n) is 16.6. The summed E-state index contributed by atoms with van der Waals surface area (Å²) >= 11 is 1.73. The summed E-state index contributed by atoms with van der Waals surface area (Å²) in [6.07, 6.45) is 0.523. The number of benzene rings is 2. The Morgan fingerprint density at radius 3 is 2.32 bits per heavy atom. The van der Waals surface area contributed by atoms with Gasteiger partial charge < -0.3 is 23.8 Å². The molecular formula is C21H25NO5S. The first kappa shape index (κ1) is 20.2. The Bertz CT molecular complexity index is 816. The third-order valence-corrected chi connectivity index (χ3v) is 5.94. The van der Waals surface area contributed by atoms with E-state index in [1.54, 1.807) is 40.2 Å². The van der Waals surface area contributed by atoms with E-state index in [0.29, 0.717) is 30.2 Å². The molecule has 6 nitrogen and oxygen atoms in total. The number of hydrogen-bond acceptors (Lipinski definition) is 6. The fourth-order valence-corrected chi connectivity index (χ4v) is 4.50. The molecule has 1 atom stereocenters. The molecule has 0 N–H and O–H groups in total. The maximum absolute atomic E-state index is 12.8. The van der Waals surface area contributed by atoms with Gasteiger partial charge in [-0.3, -0.25) is 4.79 Å². The molecule has 1 amide bonds.